The average Bonchev–Trinajstić information content (AvgIpc) is 2.89. The Bertz CT molecular complexity index is 880. The van der Waals surface area contributed by atoms with Crippen molar-refractivity contribution in [1.82, 2.24) is 10.6 Å². The summed E-state index contributed by atoms with van der Waals surface area (Å²) in [6.07, 6.45) is 7.97. The minimum atomic E-state index is -0.512. The maximum Gasteiger partial charge on any atom is 0.242 e. The van der Waals surface area contributed by atoms with Gasteiger partial charge < -0.3 is 20.7 Å². The normalized spacial score (nSPS) is 15.7. The maximum absolute atomic E-state index is 13.0. The zero-order valence-corrected chi connectivity index (χ0v) is 20.5. The van der Waals surface area contributed by atoms with E-state index in [0.29, 0.717) is 25.4 Å². The van der Waals surface area contributed by atoms with E-state index in [9.17, 15) is 9.59 Å². The molecule has 0 bridgehead atoms. The van der Waals surface area contributed by atoms with Crippen molar-refractivity contribution < 1.29 is 14.3 Å². The first-order valence-corrected chi connectivity index (χ1v) is 12.6. The summed E-state index contributed by atoms with van der Waals surface area (Å²) in [6.45, 7) is 2.97. The van der Waals surface area contributed by atoms with Gasteiger partial charge in [-0.05, 0) is 55.5 Å². The predicted octanol–water partition coefficient (Wildman–Crippen LogP) is 4.87. The zero-order chi connectivity index (χ0) is 24.2. The smallest absolute Gasteiger partial charge is 0.242 e. The van der Waals surface area contributed by atoms with Crippen LogP contribution in [0.4, 0.5) is 5.69 Å². The molecule has 0 radical (unpaired) electrons. The second-order valence-electron chi connectivity index (χ2n) is 9.22. The van der Waals surface area contributed by atoms with Crippen molar-refractivity contribution in [2.75, 3.05) is 25.5 Å². The van der Waals surface area contributed by atoms with Crippen LogP contribution in [0.3, 0.4) is 0 Å². The van der Waals surface area contributed by atoms with E-state index in [1.807, 2.05) is 61.5 Å². The molecular formula is C28H39N3O3. The summed E-state index contributed by atoms with van der Waals surface area (Å²) in [4.78, 5) is 26.0. The van der Waals surface area contributed by atoms with Gasteiger partial charge in [0.1, 0.15) is 11.8 Å². The lowest BCUT2D eigenvalue weighted by molar-refractivity contribution is -0.129. The molecule has 3 rings (SSSR count). The molecule has 1 aliphatic rings. The fraction of sp³-hybridized carbons (Fsp3) is 0.500. The van der Waals surface area contributed by atoms with Gasteiger partial charge in [0.15, 0.2) is 0 Å². The number of ether oxygens (including phenoxy) is 1. The van der Waals surface area contributed by atoms with E-state index in [1.54, 1.807) is 7.11 Å². The van der Waals surface area contributed by atoms with Crippen LogP contribution in [0.5, 0.6) is 5.75 Å². The molecule has 0 unspecified atom stereocenters. The Morgan fingerprint density at radius 3 is 2.32 bits per heavy atom. The molecule has 1 saturated carbocycles. The van der Waals surface area contributed by atoms with E-state index >= 15 is 0 Å². The van der Waals surface area contributed by atoms with Gasteiger partial charge in [-0.3, -0.25) is 9.59 Å². The third kappa shape index (κ3) is 8.08. The molecule has 184 valence electrons. The van der Waals surface area contributed by atoms with Gasteiger partial charge >= 0.3 is 0 Å². The number of carbonyl (C=O) groups is 2. The van der Waals surface area contributed by atoms with Gasteiger partial charge in [-0.15, -0.1) is 0 Å². The summed E-state index contributed by atoms with van der Waals surface area (Å²) >= 11 is 0. The summed E-state index contributed by atoms with van der Waals surface area (Å²) in [5, 5.41) is 9.34. The van der Waals surface area contributed by atoms with Gasteiger partial charge in [-0.25, -0.2) is 0 Å². The van der Waals surface area contributed by atoms with Crippen LogP contribution in [0, 0.1) is 5.92 Å². The molecule has 3 N–H and O–H groups in total. The van der Waals surface area contributed by atoms with Crippen LogP contribution in [-0.2, 0) is 9.59 Å². The standard InChI is InChI=1S/C28H39N3O3/c1-21(23-11-7-4-8-12-23)27(32)31-26(18-13-22-9-5-3-6-10-22)28(33)30-20-19-29-24-14-16-25(34-2)17-15-24/h4,7-8,11-12,14-17,21-22,26,29H,3,5-6,9-10,13,18-20H2,1-2H3,(H,30,33)(H,31,32)/t21-,26-/m0/s1. The van der Waals surface area contributed by atoms with Crippen LogP contribution in [0.1, 0.15) is 63.4 Å². The van der Waals surface area contributed by atoms with Crippen LogP contribution >= 0.6 is 0 Å². The molecule has 6 nitrogen and oxygen atoms in total. The highest BCUT2D eigenvalue weighted by Crippen LogP contribution is 2.28. The minimum absolute atomic E-state index is 0.105. The third-order valence-corrected chi connectivity index (χ3v) is 6.76. The number of hydrogen-bond donors (Lipinski definition) is 3. The predicted molar refractivity (Wildman–Crippen MR) is 137 cm³/mol. The second kappa shape index (κ2) is 13.6. The number of anilines is 1. The number of benzene rings is 2. The number of amides is 2. The Morgan fingerprint density at radius 2 is 1.65 bits per heavy atom. The Labute approximate surface area is 203 Å². The molecule has 2 amide bonds. The Hall–Kier alpha value is -3.02. The first kappa shape index (κ1) is 25.6. The Kier molecular flexibility index (Phi) is 10.3. The fourth-order valence-corrected chi connectivity index (χ4v) is 4.56. The van der Waals surface area contributed by atoms with Crippen molar-refractivity contribution in [3.8, 4) is 5.75 Å². The van der Waals surface area contributed by atoms with Crippen molar-refractivity contribution in [1.29, 1.82) is 0 Å². The van der Waals surface area contributed by atoms with Gasteiger partial charge in [0.05, 0.1) is 13.0 Å². The number of rotatable bonds is 12. The van der Waals surface area contributed by atoms with Crippen LogP contribution in [-0.4, -0.2) is 38.1 Å². The molecule has 0 spiro atoms. The highest BCUT2D eigenvalue weighted by atomic mass is 16.5. The Morgan fingerprint density at radius 1 is 0.941 bits per heavy atom. The molecule has 0 saturated heterocycles. The van der Waals surface area contributed by atoms with Crippen molar-refractivity contribution in [3.05, 3.63) is 60.2 Å². The summed E-state index contributed by atoms with van der Waals surface area (Å²) in [5.41, 5.74) is 1.92. The molecule has 2 atom stereocenters. The lowest BCUT2D eigenvalue weighted by Crippen LogP contribution is -2.48. The molecular weight excluding hydrogens is 426 g/mol. The summed E-state index contributed by atoms with van der Waals surface area (Å²) in [5.74, 6) is 0.944. The molecule has 6 heteroatoms. The maximum atomic E-state index is 13.0. The van der Waals surface area contributed by atoms with Crippen LogP contribution in [0.2, 0.25) is 0 Å². The number of carbonyl (C=O) groups excluding carboxylic acids is 2. The fourth-order valence-electron chi connectivity index (χ4n) is 4.56. The third-order valence-electron chi connectivity index (χ3n) is 6.76. The van der Waals surface area contributed by atoms with Crippen molar-refractivity contribution in [3.63, 3.8) is 0 Å². The van der Waals surface area contributed by atoms with E-state index in [0.717, 1.165) is 23.4 Å². The van der Waals surface area contributed by atoms with E-state index in [-0.39, 0.29) is 17.7 Å². The monoisotopic (exact) mass is 465 g/mol. The van der Waals surface area contributed by atoms with E-state index < -0.39 is 6.04 Å². The van der Waals surface area contributed by atoms with E-state index in [2.05, 4.69) is 16.0 Å². The molecule has 0 aromatic heterocycles. The Balaban J connectivity index is 1.52. The highest BCUT2D eigenvalue weighted by molar-refractivity contribution is 5.90. The van der Waals surface area contributed by atoms with Crippen LogP contribution in [0.25, 0.3) is 0 Å². The van der Waals surface area contributed by atoms with E-state index in [1.165, 1.54) is 32.1 Å². The SMILES string of the molecule is COc1ccc(NCCNC(=O)[C@H](CCC2CCCCC2)NC(=O)[C@@H](C)c2ccccc2)cc1. The van der Waals surface area contributed by atoms with Gasteiger partial charge in [0.2, 0.25) is 11.8 Å². The second-order valence-corrected chi connectivity index (χ2v) is 9.22. The number of methoxy groups -OCH3 is 1. The summed E-state index contributed by atoms with van der Waals surface area (Å²) in [7, 11) is 1.64. The molecule has 2 aromatic rings. The largest absolute Gasteiger partial charge is 0.497 e. The molecule has 2 aromatic carbocycles. The molecule has 1 aliphatic carbocycles. The number of hydrogen-bond acceptors (Lipinski definition) is 4. The van der Waals surface area contributed by atoms with Crippen molar-refractivity contribution >= 4 is 17.5 Å². The van der Waals surface area contributed by atoms with Gasteiger partial charge in [-0.2, -0.15) is 0 Å². The molecule has 1 fully saturated rings. The highest BCUT2D eigenvalue weighted by Gasteiger charge is 2.25. The molecule has 34 heavy (non-hydrogen) atoms. The first-order chi connectivity index (χ1) is 16.6. The quantitative estimate of drug-likeness (QED) is 0.391. The van der Waals surface area contributed by atoms with Crippen LogP contribution < -0.4 is 20.7 Å². The van der Waals surface area contributed by atoms with Crippen molar-refractivity contribution in [2.45, 2.75) is 63.8 Å². The molecule has 0 aliphatic heterocycles. The number of nitrogens with one attached hydrogen (secondary N) is 3. The van der Waals surface area contributed by atoms with E-state index in [4.69, 9.17) is 4.74 Å². The lowest BCUT2D eigenvalue weighted by atomic mass is 9.85. The topological polar surface area (TPSA) is 79.5 Å². The summed E-state index contributed by atoms with van der Waals surface area (Å²) < 4.78 is 5.18. The van der Waals surface area contributed by atoms with Gasteiger partial charge in [0.25, 0.3) is 0 Å². The lowest BCUT2D eigenvalue weighted by Gasteiger charge is -2.25. The van der Waals surface area contributed by atoms with Gasteiger partial charge in [-0.1, -0.05) is 62.4 Å². The van der Waals surface area contributed by atoms with Crippen LogP contribution in [0.15, 0.2) is 54.6 Å². The van der Waals surface area contributed by atoms with Gasteiger partial charge in [0, 0.05) is 18.8 Å². The minimum Gasteiger partial charge on any atom is -0.497 e. The average molecular weight is 466 g/mol. The molecule has 0 heterocycles. The van der Waals surface area contributed by atoms with Crippen molar-refractivity contribution in [2.24, 2.45) is 5.92 Å². The zero-order valence-electron chi connectivity index (χ0n) is 20.5. The summed E-state index contributed by atoms with van der Waals surface area (Å²) in [6, 6.07) is 16.9. The first-order valence-electron chi connectivity index (χ1n) is 12.6.